The van der Waals surface area contributed by atoms with E-state index < -0.39 is 5.97 Å². The Balaban J connectivity index is 2.09. The predicted molar refractivity (Wildman–Crippen MR) is 107 cm³/mol. The fourth-order valence-electron chi connectivity index (χ4n) is 2.57. The predicted octanol–water partition coefficient (Wildman–Crippen LogP) is 3.25. The maximum atomic E-state index is 12.5. The zero-order valence-corrected chi connectivity index (χ0v) is 16.2. The van der Waals surface area contributed by atoms with E-state index in [0.29, 0.717) is 35.9 Å². The third-order valence-corrected chi connectivity index (χ3v) is 3.82. The van der Waals surface area contributed by atoms with Gasteiger partial charge in [0.25, 0.3) is 0 Å². The molecule has 0 spiro atoms. The van der Waals surface area contributed by atoms with Gasteiger partial charge in [-0.25, -0.2) is 4.79 Å². The van der Waals surface area contributed by atoms with Crippen molar-refractivity contribution in [2.45, 2.75) is 20.8 Å². The molecular formula is C21H24N2O5. The maximum Gasteiger partial charge on any atom is 0.338 e. The average molecular weight is 384 g/mol. The molecule has 0 unspecified atom stereocenters. The largest absolute Gasteiger partial charge is 0.492 e. The van der Waals surface area contributed by atoms with Crippen LogP contribution < -0.4 is 15.0 Å². The minimum atomic E-state index is -0.421. The van der Waals surface area contributed by atoms with Crippen molar-refractivity contribution >= 4 is 29.2 Å². The molecule has 2 rings (SSSR count). The smallest absolute Gasteiger partial charge is 0.338 e. The maximum absolute atomic E-state index is 12.5. The first kappa shape index (κ1) is 21.0. The lowest BCUT2D eigenvalue weighted by Crippen LogP contribution is -2.37. The van der Waals surface area contributed by atoms with Gasteiger partial charge in [0, 0.05) is 12.6 Å². The van der Waals surface area contributed by atoms with E-state index in [0.717, 1.165) is 0 Å². The molecule has 7 heteroatoms. The van der Waals surface area contributed by atoms with Crippen molar-refractivity contribution in [1.82, 2.24) is 0 Å². The second-order valence-corrected chi connectivity index (χ2v) is 5.85. The number of para-hydroxylation sites is 2. The molecule has 0 fully saturated rings. The Morgan fingerprint density at radius 3 is 2.25 bits per heavy atom. The van der Waals surface area contributed by atoms with Crippen molar-refractivity contribution in [3.63, 3.8) is 0 Å². The second kappa shape index (κ2) is 10.1. The molecule has 7 nitrogen and oxygen atoms in total. The lowest BCUT2D eigenvalue weighted by molar-refractivity contribution is -0.120. The lowest BCUT2D eigenvalue weighted by Gasteiger charge is -2.23. The van der Waals surface area contributed by atoms with Gasteiger partial charge in [0.1, 0.15) is 12.3 Å². The Kier molecular flexibility index (Phi) is 7.56. The number of carbonyl (C=O) groups is 3. The highest BCUT2D eigenvalue weighted by Crippen LogP contribution is 2.28. The molecule has 1 N–H and O–H groups in total. The molecule has 0 heterocycles. The number of esters is 1. The molecule has 2 aromatic rings. The highest BCUT2D eigenvalue weighted by atomic mass is 16.5. The molecule has 0 aromatic heterocycles. The number of nitrogens with one attached hydrogen (secondary N) is 1. The van der Waals surface area contributed by atoms with Crippen LogP contribution in [0.25, 0.3) is 0 Å². The summed E-state index contributed by atoms with van der Waals surface area (Å²) < 4.78 is 10.5. The summed E-state index contributed by atoms with van der Waals surface area (Å²) in [5.41, 5.74) is 1.44. The van der Waals surface area contributed by atoms with Crippen LogP contribution >= 0.6 is 0 Å². The molecule has 0 radical (unpaired) electrons. The summed E-state index contributed by atoms with van der Waals surface area (Å²) in [5, 5.41) is 2.72. The summed E-state index contributed by atoms with van der Waals surface area (Å²) in [6, 6.07) is 13.4. The highest BCUT2D eigenvalue weighted by Gasteiger charge is 2.19. The Bertz CT molecular complexity index is 833. The van der Waals surface area contributed by atoms with Gasteiger partial charge in [0.05, 0.1) is 24.5 Å². The van der Waals surface area contributed by atoms with Crippen LogP contribution in [0.5, 0.6) is 5.75 Å². The van der Waals surface area contributed by atoms with Gasteiger partial charge in [0.2, 0.25) is 11.8 Å². The van der Waals surface area contributed by atoms with E-state index >= 15 is 0 Å². The molecule has 0 atom stereocenters. The third-order valence-electron chi connectivity index (χ3n) is 3.82. The lowest BCUT2D eigenvalue weighted by atomic mass is 10.2. The van der Waals surface area contributed by atoms with Gasteiger partial charge in [-0.05, 0) is 50.2 Å². The number of carbonyl (C=O) groups excluding carboxylic acids is 3. The topological polar surface area (TPSA) is 84.9 Å². The third kappa shape index (κ3) is 5.57. The minimum Gasteiger partial charge on any atom is -0.492 e. The van der Waals surface area contributed by atoms with Crippen molar-refractivity contribution in [1.29, 1.82) is 0 Å². The Hall–Kier alpha value is -3.35. The van der Waals surface area contributed by atoms with Crippen molar-refractivity contribution < 1.29 is 23.9 Å². The van der Waals surface area contributed by atoms with Crippen LogP contribution in [0.1, 0.15) is 31.1 Å². The van der Waals surface area contributed by atoms with Crippen molar-refractivity contribution in [2.24, 2.45) is 0 Å². The molecular weight excluding hydrogens is 360 g/mol. The second-order valence-electron chi connectivity index (χ2n) is 5.85. The van der Waals surface area contributed by atoms with E-state index in [2.05, 4.69) is 5.32 Å². The first-order chi connectivity index (χ1) is 13.5. The summed E-state index contributed by atoms with van der Waals surface area (Å²) >= 11 is 0. The number of rotatable bonds is 8. The first-order valence-electron chi connectivity index (χ1n) is 9.03. The van der Waals surface area contributed by atoms with Gasteiger partial charge in [-0.15, -0.1) is 0 Å². The van der Waals surface area contributed by atoms with Gasteiger partial charge in [0.15, 0.2) is 0 Å². The molecule has 0 aliphatic heterocycles. The van der Waals surface area contributed by atoms with E-state index in [4.69, 9.17) is 9.47 Å². The van der Waals surface area contributed by atoms with Crippen LogP contribution in [0, 0.1) is 0 Å². The first-order valence-corrected chi connectivity index (χ1v) is 9.03. The average Bonchev–Trinajstić information content (AvgIpc) is 2.67. The molecule has 0 aliphatic carbocycles. The Morgan fingerprint density at radius 1 is 0.964 bits per heavy atom. The molecule has 0 aliphatic rings. The van der Waals surface area contributed by atoms with Crippen molar-refractivity contribution in [2.75, 3.05) is 30.0 Å². The van der Waals surface area contributed by atoms with Crippen LogP contribution in [-0.2, 0) is 14.3 Å². The number of nitrogens with zero attached hydrogens (tertiary/aromatic N) is 1. The van der Waals surface area contributed by atoms with Gasteiger partial charge in [-0.1, -0.05) is 12.1 Å². The van der Waals surface area contributed by atoms with Crippen LogP contribution in [0.3, 0.4) is 0 Å². The summed E-state index contributed by atoms with van der Waals surface area (Å²) in [5.74, 6) is -0.534. The molecule has 2 amide bonds. The standard InChI is InChI=1S/C21H24N2O5/c1-4-27-19-9-7-6-8-18(19)23(15(3)24)14-20(25)22-17-12-10-16(11-13-17)21(26)28-5-2/h6-13H,4-5,14H2,1-3H3,(H,22,25). The Labute approximate surface area is 164 Å². The highest BCUT2D eigenvalue weighted by molar-refractivity contribution is 6.02. The van der Waals surface area contributed by atoms with E-state index in [9.17, 15) is 14.4 Å². The number of anilines is 2. The summed E-state index contributed by atoms with van der Waals surface area (Å²) in [7, 11) is 0. The Morgan fingerprint density at radius 2 is 1.64 bits per heavy atom. The minimum absolute atomic E-state index is 0.168. The summed E-state index contributed by atoms with van der Waals surface area (Å²) in [6.07, 6.45) is 0. The SMILES string of the molecule is CCOC(=O)c1ccc(NC(=O)CN(C(C)=O)c2ccccc2OCC)cc1. The van der Waals surface area contributed by atoms with Gasteiger partial charge in [-0.3, -0.25) is 14.5 Å². The fraction of sp³-hybridized carbons (Fsp3) is 0.286. The molecule has 0 bridgehead atoms. The van der Waals surface area contributed by atoms with Gasteiger partial charge in [-0.2, -0.15) is 0 Å². The summed E-state index contributed by atoms with van der Waals surface area (Å²) in [6.45, 7) is 5.55. The van der Waals surface area contributed by atoms with Crippen LogP contribution in [0.4, 0.5) is 11.4 Å². The normalized spacial score (nSPS) is 10.1. The molecule has 0 saturated heterocycles. The van der Waals surface area contributed by atoms with Crippen LogP contribution in [-0.4, -0.2) is 37.5 Å². The van der Waals surface area contributed by atoms with E-state index in [1.807, 2.05) is 6.92 Å². The van der Waals surface area contributed by atoms with Crippen molar-refractivity contribution in [3.05, 3.63) is 54.1 Å². The van der Waals surface area contributed by atoms with Crippen LogP contribution in [0.15, 0.2) is 48.5 Å². The van der Waals surface area contributed by atoms with Crippen LogP contribution in [0.2, 0.25) is 0 Å². The summed E-state index contributed by atoms with van der Waals surface area (Å²) in [4.78, 5) is 37.6. The number of amides is 2. The number of ether oxygens (including phenoxy) is 2. The zero-order chi connectivity index (χ0) is 20.5. The zero-order valence-electron chi connectivity index (χ0n) is 16.2. The fourth-order valence-corrected chi connectivity index (χ4v) is 2.57. The van der Waals surface area contributed by atoms with E-state index in [1.54, 1.807) is 55.5 Å². The number of hydrogen-bond donors (Lipinski definition) is 1. The molecule has 28 heavy (non-hydrogen) atoms. The quantitative estimate of drug-likeness (QED) is 0.706. The molecule has 0 saturated carbocycles. The van der Waals surface area contributed by atoms with Gasteiger partial charge >= 0.3 is 5.97 Å². The van der Waals surface area contributed by atoms with Gasteiger partial charge < -0.3 is 14.8 Å². The van der Waals surface area contributed by atoms with E-state index in [1.165, 1.54) is 11.8 Å². The number of benzene rings is 2. The monoisotopic (exact) mass is 384 g/mol. The van der Waals surface area contributed by atoms with Crippen molar-refractivity contribution in [3.8, 4) is 5.75 Å². The van der Waals surface area contributed by atoms with E-state index in [-0.39, 0.29) is 18.4 Å². The molecule has 148 valence electrons. The number of hydrogen-bond acceptors (Lipinski definition) is 5. The molecule has 2 aromatic carbocycles.